The Hall–Kier alpha value is -1.19. The van der Waals surface area contributed by atoms with Crippen LogP contribution in [0.25, 0.3) is 0 Å². The van der Waals surface area contributed by atoms with Crippen LogP contribution in [0.15, 0.2) is 4.79 Å². The van der Waals surface area contributed by atoms with Crippen LogP contribution in [-0.4, -0.2) is 9.36 Å². The van der Waals surface area contributed by atoms with Crippen molar-refractivity contribution in [3.63, 3.8) is 0 Å². The Labute approximate surface area is 89.7 Å². The summed E-state index contributed by atoms with van der Waals surface area (Å²) >= 11 is 0. The van der Waals surface area contributed by atoms with Crippen molar-refractivity contribution in [2.75, 3.05) is 5.73 Å². The first kappa shape index (κ1) is 10.3. The standard InChI is InChI=1S/C11H19N3O/c1-4-9-10(12)11(15)14(13(9)3)7(2)8-5-6-8/h7-8H,4-6,12H2,1-3H3. The Kier molecular flexibility index (Phi) is 2.37. The van der Waals surface area contributed by atoms with E-state index in [1.54, 1.807) is 0 Å². The summed E-state index contributed by atoms with van der Waals surface area (Å²) in [6, 6.07) is 0.282. The number of hydrogen-bond acceptors (Lipinski definition) is 2. The fraction of sp³-hybridized carbons (Fsp3) is 0.727. The minimum atomic E-state index is -0.0197. The van der Waals surface area contributed by atoms with Gasteiger partial charge in [0.05, 0.1) is 11.7 Å². The SMILES string of the molecule is CCc1c(N)c(=O)n(C(C)C2CC2)n1C. The van der Waals surface area contributed by atoms with Crippen LogP contribution < -0.4 is 11.3 Å². The number of nitrogens with two attached hydrogens (primary N) is 1. The lowest BCUT2D eigenvalue weighted by Gasteiger charge is -2.15. The van der Waals surface area contributed by atoms with Gasteiger partial charge in [0.15, 0.2) is 0 Å². The van der Waals surface area contributed by atoms with Gasteiger partial charge in [0.25, 0.3) is 5.56 Å². The Morgan fingerprint density at radius 1 is 1.53 bits per heavy atom. The van der Waals surface area contributed by atoms with Crippen LogP contribution in [-0.2, 0) is 13.5 Å². The van der Waals surface area contributed by atoms with E-state index in [0.29, 0.717) is 11.6 Å². The van der Waals surface area contributed by atoms with Crippen LogP contribution in [0.1, 0.15) is 38.4 Å². The second-order valence-electron chi connectivity index (χ2n) is 4.47. The molecular formula is C11H19N3O. The van der Waals surface area contributed by atoms with Crippen LogP contribution >= 0.6 is 0 Å². The van der Waals surface area contributed by atoms with Crippen molar-refractivity contribution in [1.29, 1.82) is 0 Å². The molecule has 1 aliphatic rings. The minimum Gasteiger partial charge on any atom is -0.393 e. The van der Waals surface area contributed by atoms with Crippen molar-refractivity contribution in [1.82, 2.24) is 9.36 Å². The molecule has 1 aromatic rings. The molecule has 0 bridgehead atoms. The predicted molar refractivity (Wildman–Crippen MR) is 60.9 cm³/mol. The zero-order valence-electron chi connectivity index (χ0n) is 9.66. The molecule has 2 rings (SSSR count). The molecule has 1 atom stereocenters. The summed E-state index contributed by atoms with van der Waals surface area (Å²) in [5.74, 6) is 0.667. The second-order valence-corrected chi connectivity index (χ2v) is 4.47. The molecule has 1 fully saturated rings. The highest BCUT2D eigenvalue weighted by atomic mass is 16.1. The van der Waals surface area contributed by atoms with E-state index in [2.05, 4.69) is 6.92 Å². The Morgan fingerprint density at radius 2 is 2.13 bits per heavy atom. The van der Waals surface area contributed by atoms with E-state index in [0.717, 1.165) is 12.1 Å². The summed E-state index contributed by atoms with van der Waals surface area (Å²) in [6.45, 7) is 4.13. The lowest BCUT2D eigenvalue weighted by molar-refractivity contribution is 0.370. The van der Waals surface area contributed by atoms with Gasteiger partial charge in [0, 0.05) is 7.05 Å². The first-order valence-corrected chi connectivity index (χ1v) is 5.63. The van der Waals surface area contributed by atoms with Crippen molar-refractivity contribution in [3.05, 3.63) is 16.0 Å². The van der Waals surface area contributed by atoms with E-state index >= 15 is 0 Å². The number of nitrogen functional groups attached to an aromatic ring is 1. The largest absolute Gasteiger partial charge is 0.393 e. The Morgan fingerprint density at radius 3 is 2.53 bits per heavy atom. The van der Waals surface area contributed by atoms with E-state index in [1.807, 2.05) is 23.3 Å². The maximum absolute atomic E-state index is 12.0. The van der Waals surface area contributed by atoms with Crippen molar-refractivity contribution in [3.8, 4) is 0 Å². The fourth-order valence-electron chi connectivity index (χ4n) is 2.34. The zero-order valence-corrected chi connectivity index (χ0v) is 9.66. The van der Waals surface area contributed by atoms with E-state index in [4.69, 9.17) is 5.73 Å². The molecule has 0 amide bonds. The van der Waals surface area contributed by atoms with Gasteiger partial charge in [0.1, 0.15) is 5.69 Å². The van der Waals surface area contributed by atoms with Gasteiger partial charge in [-0.1, -0.05) is 6.92 Å². The highest BCUT2D eigenvalue weighted by molar-refractivity contribution is 5.41. The van der Waals surface area contributed by atoms with Crippen LogP contribution in [0.4, 0.5) is 5.69 Å². The highest BCUT2D eigenvalue weighted by Gasteiger charge is 2.32. The van der Waals surface area contributed by atoms with Gasteiger partial charge in [-0.25, -0.2) is 4.68 Å². The zero-order chi connectivity index (χ0) is 11.2. The maximum atomic E-state index is 12.0. The van der Waals surface area contributed by atoms with Gasteiger partial charge < -0.3 is 5.73 Å². The van der Waals surface area contributed by atoms with Crippen molar-refractivity contribution < 1.29 is 0 Å². The van der Waals surface area contributed by atoms with Gasteiger partial charge in [-0.2, -0.15) is 0 Å². The summed E-state index contributed by atoms with van der Waals surface area (Å²) < 4.78 is 3.74. The number of rotatable bonds is 3. The first-order chi connectivity index (χ1) is 7.07. The molecule has 1 aromatic heterocycles. The second kappa shape index (κ2) is 3.43. The molecule has 0 saturated heterocycles. The Balaban J connectivity index is 2.50. The lowest BCUT2D eigenvalue weighted by atomic mass is 10.2. The maximum Gasteiger partial charge on any atom is 0.290 e. The molecular weight excluding hydrogens is 190 g/mol. The summed E-state index contributed by atoms with van der Waals surface area (Å²) in [7, 11) is 1.93. The van der Waals surface area contributed by atoms with Gasteiger partial charge >= 0.3 is 0 Å². The molecule has 1 unspecified atom stereocenters. The third-order valence-corrected chi connectivity index (χ3v) is 3.49. The van der Waals surface area contributed by atoms with Gasteiger partial charge in [0.2, 0.25) is 0 Å². The van der Waals surface area contributed by atoms with Gasteiger partial charge in [-0.05, 0) is 32.1 Å². The number of anilines is 1. The summed E-state index contributed by atoms with van der Waals surface area (Å²) in [4.78, 5) is 12.0. The van der Waals surface area contributed by atoms with Crippen molar-refractivity contribution in [2.45, 2.75) is 39.2 Å². The molecule has 84 valence electrons. The number of aromatic nitrogens is 2. The molecule has 4 heteroatoms. The summed E-state index contributed by atoms with van der Waals surface area (Å²) in [5.41, 5.74) is 7.17. The quantitative estimate of drug-likeness (QED) is 0.815. The highest BCUT2D eigenvalue weighted by Crippen LogP contribution is 2.39. The molecule has 1 saturated carbocycles. The molecule has 15 heavy (non-hydrogen) atoms. The number of nitrogens with zero attached hydrogens (tertiary/aromatic N) is 2. The first-order valence-electron chi connectivity index (χ1n) is 5.63. The van der Waals surface area contributed by atoms with E-state index in [-0.39, 0.29) is 11.6 Å². The topological polar surface area (TPSA) is 53.0 Å². The van der Waals surface area contributed by atoms with Crippen LogP contribution in [0.2, 0.25) is 0 Å². The number of hydrogen-bond donors (Lipinski definition) is 1. The average molecular weight is 209 g/mol. The van der Waals surface area contributed by atoms with E-state index in [9.17, 15) is 4.79 Å². The summed E-state index contributed by atoms with van der Waals surface area (Å²) in [6.07, 6.45) is 3.28. The van der Waals surface area contributed by atoms with Crippen molar-refractivity contribution in [2.24, 2.45) is 13.0 Å². The molecule has 0 aromatic carbocycles. The van der Waals surface area contributed by atoms with Gasteiger partial charge in [-0.15, -0.1) is 0 Å². The summed E-state index contributed by atoms with van der Waals surface area (Å²) in [5, 5.41) is 0. The molecule has 0 spiro atoms. The fourth-order valence-corrected chi connectivity index (χ4v) is 2.34. The normalized spacial score (nSPS) is 18.1. The van der Waals surface area contributed by atoms with Gasteiger partial charge in [-0.3, -0.25) is 9.48 Å². The third kappa shape index (κ3) is 1.48. The molecule has 1 aliphatic carbocycles. The van der Waals surface area contributed by atoms with Crippen molar-refractivity contribution >= 4 is 5.69 Å². The van der Waals surface area contributed by atoms with Crippen LogP contribution in [0, 0.1) is 5.92 Å². The van der Waals surface area contributed by atoms with Crippen LogP contribution in [0.3, 0.4) is 0 Å². The molecule has 0 aliphatic heterocycles. The third-order valence-electron chi connectivity index (χ3n) is 3.49. The van der Waals surface area contributed by atoms with Crippen LogP contribution in [0.5, 0.6) is 0 Å². The molecule has 0 radical (unpaired) electrons. The molecule has 4 nitrogen and oxygen atoms in total. The lowest BCUT2D eigenvalue weighted by Crippen LogP contribution is -2.27. The minimum absolute atomic E-state index is 0.0197. The van der Waals surface area contributed by atoms with E-state index in [1.165, 1.54) is 12.8 Å². The monoisotopic (exact) mass is 209 g/mol. The smallest absolute Gasteiger partial charge is 0.290 e. The van der Waals surface area contributed by atoms with E-state index < -0.39 is 0 Å². The Bertz CT molecular complexity index is 426. The average Bonchev–Trinajstić information content (AvgIpc) is 2.98. The predicted octanol–water partition coefficient (Wildman–Crippen LogP) is 1.30. The molecule has 2 N–H and O–H groups in total. The molecule has 1 heterocycles.